The van der Waals surface area contributed by atoms with E-state index in [0.29, 0.717) is 147 Å². The molecule has 0 saturated heterocycles. The maximum Gasteiger partial charge on any atom is 0.291 e. The van der Waals surface area contributed by atoms with Crippen molar-refractivity contribution in [3.8, 4) is 10.8 Å². The molecule has 0 aliphatic carbocycles. The highest BCUT2D eigenvalue weighted by atomic mass is 35.5. The van der Waals surface area contributed by atoms with Crippen molar-refractivity contribution in [2.75, 3.05) is 184 Å². The van der Waals surface area contributed by atoms with Crippen LogP contribution in [0.15, 0.2) is 115 Å². The van der Waals surface area contributed by atoms with Crippen LogP contribution < -0.4 is 57.9 Å². The summed E-state index contributed by atoms with van der Waals surface area (Å²) >= 11 is 7.92. The predicted molar refractivity (Wildman–Crippen MR) is 487 cm³/mol. The number of aliphatic imine (C=N–C) groups is 1. The second-order valence-corrected chi connectivity index (χ2v) is 31.7. The van der Waals surface area contributed by atoms with Crippen molar-refractivity contribution < 1.29 is 95.3 Å². The van der Waals surface area contributed by atoms with E-state index in [9.17, 15) is 47.9 Å². The van der Waals surface area contributed by atoms with Gasteiger partial charge in [-0.1, -0.05) is 23.7 Å². The lowest BCUT2D eigenvalue weighted by Crippen LogP contribution is -2.33. The van der Waals surface area contributed by atoms with Gasteiger partial charge in [0.15, 0.2) is 23.3 Å². The number of carbonyl (C=O) groups is 10. The number of nitrogens with zero attached hydrogens (tertiary/aromatic N) is 13. The third-order valence-corrected chi connectivity index (χ3v) is 21.5. The minimum Gasteiger partial charge on any atom is -0.491 e. The molecule has 706 valence electrons. The molecule has 43 nitrogen and oxygen atoms in total. The summed E-state index contributed by atoms with van der Waals surface area (Å²) in [7, 11) is 9.63. The number of anilines is 6. The lowest BCUT2D eigenvalue weighted by molar-refractivity contribution is -0.121. The van der Waals surface area contributed by atoms with Crippen LogP contribution in [0.2, 0.25) is 5.02 Å². The van der Waals surface area contributed by atoms with Crippen LogP contribution in [0.25, 0.3) is 5.00 Å². The summed E-state index contributed by atoms with van der Waals surface area (Å²) in [4.78, 5) is 149. The van der Waals surface area contributed by atoms with Gasteiger partial charge in [0.05, 0.1) is 148 Å². The first-order valence-electron chi connectivity index (χ1n) is 42.5. The smallest absolute Gasteiger partial charge is 0.291 e. The van der Waals surface area contributed by atoms with E-state index in [1.54, 1.807) is 94.8 Å². The number of imidazole rings is 3. The van der Waals surface area contributed by atoms with E-state index in [0.717, 1.165) is 38.1 Å². The molecule has 1 aliphatic rings. The number of halogens is 1. The van der Waals surface area contributed by atoms with Crippen LogP contribution in [0.3, 0.4) is 0 Å². The molecule has 10 aromatic rings. The average Bonchev–Trinajstić information content (AvgIpc) is 1.59. The molecule has 1 aliphatic heterocycles. The van der Waals surface area contributed by atoms with Gasteiger partial charge in [-0.25, -0.2) is 15.0 Å². The van der Waals surface area contributed by atoms with Crippen LogP contribution in [0, 0.1) is 20.8 Å². The molecule has 0 spiro atoms. The Morgan fingerprint density at radius 1 is 0.409 bits per heavy atom. The monoisotopic (exact) mass is 1860 g/mol. The van der Waals surface area contributed by atoms with Gasteiger partial charge in [-0.15, -0.1) is 21.5 Å². The highest BCUT2D eigenvalue weighted by molar-refractivity contribution is 7.15. The fraction of sp³-hybridized carbons (Fsp3) is 0.425. The number of nitrogens with one attached hydrogen (secondary N) is 10. The summed E-state index contributed by atoms with van der Waals surface area (Å²) in [6.45, 7) is 13.6. The van der Waals surface area contributed by atoms with Gasteiger partial charge in [-0.05, 0) is 80.9 Å². The molecule has 0 radical (unpaired) electrons. The first-order valence-corrected chi connectivity index (χ1v) is 43.7. The van der Waals surface area contributed by atoms with Gasteiger partial charge in [0, 0.05) is 158 Å². The maximum atomic E-state index is 13.6. The molecular formula is C87H110ClN23O20S. The Morgan fingerprint density at radius 2 is 0.826 bits per heavy atom. The maximum absolute atomic E-state index is 13.6. The van der Waals surface area contributed by atoms with Crippen LogP contribution in [0.1, 0.15) is 128 Å². The third kappa shape index (κ3) is 29.7. The van der Waals surface area contributed by atoms with Crippen LogP contribution in [-0.2, 0) is 104 Å². The molecule has 0 fully saturated rings. The van der Waals surface area contributed by atoms with Crippen molar-refractivity contribution in [2.45, 2.75) is 52.5 Å². The van der Waals surface area contributed by atoms with Crippen molar-refractivity contribution in [3.05, 3.63) is 183 Å². The molecular weight excluding hydrogens is 1750 g/mol. The fourth-order valence-corrected chi connectivity index (χ4v) is 14.7. The SMILES string of the molecule is Cc1sc2c(c1C)C(c1ccc(Cl)cc1)=NC(CC(=O)Nc1ccc(OCCOCCOCCOCCOCCOCCOCCOCCOCCOCCNC(=O)CCNC(=O)c3cc(NC(=O)c4nc(NC(=O)CCNC(=O)c5cc(NC(=O)c6nc(NC(=O)CCNC(=O)c7cc(NC(=O)c8nccn8C)cn7C)cn6C)cn5C)cn4C)cn3C)cc1)c1nnc(C)n1-2. The number of aryl methyl sites for hydroxylation is 8. The summed E-state index contributed by atoms with van der Waals surface area (Å²) in [5.74, 6) is -2.62. The molecule has 0 saturated carbocycles. The Morgan fingerprint density at radius 3 is 1.26 bits per heavy atom. The van der Waals surface area contributed by atoms with Gasteiger partial charge >= 0.3 is 0 Å². The van der Waals surface area contributed by atoms with Gasteiger partial charge < -0.3 is 128 Å². The van der Waals surface area contributed by atoms with Crippen molar-refractivity contribution in [1.29, 1.82) is 0 Å². The largest absolute Gasteiger partial charge is 0.491 e. The highest BCUT2D eigenvalue weighted by Gasteiger charge is 2.33. The predicted octanol–water partition coefficient (Wildman–Crippen LogP) is 5.78. The lowest BCUT2D eigenvalue weighted by atomic mass is 9.99. The summed E-state index contributed by atoms with van der Waals surface area (Å²) < 4.78 is 66.9. The van der Waals surface area contributed by atoms with Crippen LogP contribution in [-0.4, -0.2) is 274 Å². The van der Waals surface area contributed by atoms with E-state index in [1.165, 1.54) is 72.0 Å². The van der Waals surface area contributed by atoms with E-state index in [4.69, 9.17) is 64.0 Å². The topological polar surface area (TPSA) is 495 Å². The van der Waals surface area contributed by atoms with Gasteiger partial charge in [0.2, 0.25) is 35.3 Å². The van der Waals surface area contributed by atoms with Gasteiger partial charge in [-0.2, -0.15) is 0 Å². The molecule has 45 heteroatoms. The number of fused-ring (bicyclic) bond motifs is 3. The summed E-state index contributed by atoms with van der Waals surface area (Å²) in [5, 5.41) is 37.6. The number of carbonyl (C=O) groups excluding carboxylic acids is 10. The highest BCUT2D eigenvalue weighted by Crippen LogP contribution is 2.40. The van der Waals surface area contributed by atoms with Crippen LogP contribution in [0.5, 0.6) is 5.75 Å². The Kier molecular flexibility index (Phi) is 37.9. The summed E-state index contributed by atoms with van der Waals surface area (Å²) in [5.41, 5.74) is 5.92. The Bertz CT molecular complexity index is 5630. The van der Waals surface area contributed by atoms with Crippen molar-refractivity contribution in [1.82, 2.24) is 78.4 Å². The van der Waals surface area contributed by atoms with Crippen LogP contribution >= 0.6 is 22.9 Å². The molecule has 11 rings (SSSR count). The lowest BCUT2D eigenvalue weighted by Gasteiger charge is -2.13. The number of hydrogen-bond donors (Lipinski definition) is 10. The van der Waals surface area contributed by atoms with Crippen molar-refractivity contribution in [2.24, 2.45) is 47.3 Å². The number of hydrogen-bond acceptors (Lipinski definition) is 27. The quantitative estimate of drug-likeness (QED) is 0.0202. The molecule has 10 amide bonds. The summed E-state index contributed by atoms with van der Waals surface area (Å²) in [6.07, 6.45) is 10.3. The van der Waals surface area contributed by atoms with Gasteiger partial charge in [0.1, 0.15) is 46.3 Å². The molecule has 2 aromatic carbocycles. The first kappa shape index (κ1) is 99.4. The van der Waals surface area contributed by atoms with E-state index >= 15 is 0 Å². The molecule has 9 heterocycles. The number of rotatable bonds is 55. The number of amides is 10. The molecule has 10 N–H and O–H groups in total. The number of ether oxygens (including phenoxy) is 10. The van der Waals surface area contributed by atoms with Gasteiger partial charge in [-0.3, -0.25) is 57.5 Å². The van der Waals surface area contributed by atoms with Gasteiger partial charge in [0.25, 0.3) is 35.4 Å². The first-order chi connectivity index (χ1) is 63.7. The second-order valence-electron chi connectivity index (χ2n) is 30.0. The second kappa shape index (κ2) is 50.3. The fourth-order valence-electron chi connectivity index (χ4n) is 13.3. The van der Waals surface area contributed by atoms with Crippen molar-refractivity contribution >= 4 is 122 Å². The van der Waals surface area contributed by atoms with Crippen LogP contribution in [0.4, 0.5) is 34.4 Å². The zero-order chi connectivity index (χ0) is 94.0. The standard InChI is InChI=1S/C87H110ClN23O20S/c1-55-56(2)132-87-75(55)76(58-10-12-59(88)13-11-58)98-65(77-104-103-57(3)111(77)87)49-74(115)94-60-14-16-64(17-15-60)131-45-44-130-43-42-129-41-40-128-39-38-127-37-36-126-35-34-125-33-32-124-31-30-123-29-28-122-27-25-89-71(112)18-21-91-81(116)67-47-62(51-107(67)6)96-85(120)79-101-70(53-109(79)8)100-73(114)20-23-93-83(118)68-48-63(52-108(68)7)97-86(121)80-102-69(54-110(80)9)99-72(113)19-22-92-82(117)66-46-61(50-106(66)5)95-84(119)78-90-24-26-105(78)4/h10-17,24,26,46-48,50-54,65H,18-23,25,27-45,49H2,1-9H3,(H,89,112)(H,91,116)(H,92,117)(H,93,118)(H,94,115)(H,95,119)(H,96,120)(H,97,121)(H,99,113)(H,100,114). The Hall–Kier alpha value is -13.2. The van der Waals surface area contributed by atoms with E-state index in [-0.39, 0.29) is 128 Å². The number of benzene rings is 2. The molecule has 8 aromatic heterocycles. The minimum absolute atomic E-state index is 0.00431. The Balaban J connectivity index is 0.434. The number of thiophene rings is 1. The molecule has 0 bridgehead atoms. The molecule has 132 heavy (non-hydrogen) atoms. The van der Waals surface area contributed by atoms with E-state index in [1.807, 2.05) is 35.8 Å². The normalized spacial score (nSPS) is 12.2. The molecule has 1 atom stereocenters. The zero-order valence-electron chi connectivity index (χ0n) is 74.8. The van der Waals surface area contributed by atoms with Crippen molar-refractivity contribution in [3.63, 3.8) is 0 Å². The zero-order valence-corrected chi connectivity index (χ0v) is 76.4. The minimum atomic E-state index is -0.649. The average molecular weight is 1870 g/mol. The van der Waals surface area contributed by atoms with E-state index in [2.05, 4.69) is 92.2 Å². The number of aromatic nitrogens is 12. The third-order valence-electron chi connectivity index (χ3n) is 20.0. The van der Waals surface area contributed by atoms with E-state index < -0.39 is 53.3 Å². The molecule has 1 unspecified atom stereocenters. The Labute approximate surface area is 769 Å². The summed E-state index contributed by atoms with van der Waals surface area (Å²) in [6, 6.07) is 18.5.